The Morgan fingerprint density at radius 1 is 1.33 bits per heavy atom. The van der Waals surface area contributed by atoms with Gasteiger partial charge in [-0.25, -0.2) is 4.79 Å². The summed E-state index contributed by atoms with van der Waals surface area (Å²) in [6.07, 6.45) is 4.46. The quantitative estimate of drug-likeness (QED) is 0.896. The minimum absolute atomic E-state index is 0.189. The molecule has 0 aromatic heterocycles. The Hall–Kier alpha value is -2.30. The van der Waals surface area contributed by atoms with Crippen molar-refractivity contribution >= 4 is 23.3 Å². The van der Waals surface area contributed by atoms with Crippen molar-refractivity contribution in [3.63, 3.8) is 0 Å². The van der Waals surface area contributed by atoms with Crippen molar-refractivity contribution in [1.29, 1.82) is 0 Å². The largest absolute Gasteiger partial charge is 0.465 e. The van der Waals surface area contributed by atoms with Gasteiger partial charge in [0, 0.05) is 25.2 Å². The molecular weight excluding hydrogens is 268 g/mol. The average Bonchev–Trinajstić information content (AvgIpc) is 2.90. The molecule has 0 spiro atoms. The first-order valence-electron chi connectivity index (χ1n) is 7.24. The molecule has 1 aromatic rings. The summed E-state index contributed by atoms with van der Waals surface area (Å²) < 4.78 is 0. The van der Waals surface area contributed by atoms with Gasteiger partial charge in [-0.1, -0.05) is 12.1 Å². The standard InChI is InChI=1S/C16H18N2O3/c19-15-5-2-8-18(15)13-6-7-14-11(9-13)3-1-4-12(14)10-17-16(20)21/h4,6-7,9,17H,1-3,5,8,10H2,(H,20,21). The van der Waals surface area contributed by atoms with Gasteiger partial charge in [-0.05, 0) is 48.1 Å². The number of fused-ring (bicyclic) bond motifs is 1. The topological polar surface area (TPSA) is 69.6 Å². The molecule has 2 amide bonds. The minimum Gasteiger partial charge on any atom is -0.465 e. The van der Waals surface area contributed by atoms with Gasteiger partial charge in [-0.3, -0.25) is 4.79 Å². The Labute approximate surface area is 123 Å². The van der Waals surface area contributed by atoms with Gasteiger partial charge in [-0.2, -0.15) is 0 Å². The molecular formula is C16H18N2O3. The van der Waals surface area contributed by atoms with Crippen molar-refractivity contribution in [1.82, 2.24) is 5.32 Å². The molecule has 3 rings (SSSR count). The fourth-order valence-corrected chi connectivity index (χ4v) is 3.04. The van der Waals surface area contributed by atoms with Crippen LogP contribution in [0, 0.1) is 0 Å². The van der Waals surface area contributed by atoms with Gasteiger partial charge in [0.05, 0.1) is 0 Å². The van der Waals surface area contributed by atoms with E-state index in [1.54, 1.807) is 0 Å². The second kappa shape index (κ2) is 5.60. The third-order valence-corrected chi connectivity index (χ3v) is 4.05. The lowest BCUT2D eigenvalue weighted by atomic mass is 9.90. The van der Waals surface area contributed by atoms with Crippen LogP contribution in [0.25, 0.3) is 5.57 Å². The Bertz CT molecular complexity index is 622. The zero-order chi connectivity index (χ0) is 14.8. The number of allylic oxidation sites excluding steroid dienone is 1. The molecule has 0 bridgehead atoms. The lowest BCUT2D eigenvalue weighted by Gasteiger charge is -2.22. The summed E-state index contributed by atoms with van der Waals surface area (Å²) in [6.45, 7) is 1.12. The van der Waals surface area contributed by atoms with Gasteiger partial charge < -0.3 is 15.3 Å². The van der Waals surface area contributed by atoms with Crippen LogP contribution in [0.2, 0.25) is 0 Å². The molecule has 1 aromatic carbocycles. The summed E-state index contributed by atoms with van der Waals surface area (Å²) in [5, 5.41) is 11.1. The molecule has 5 nitrogen and oxygen atoms in total. The molecule has 2 aliphatic rings. The van der Waals surface area contributed by atoms with E-state index >= 15 is 0 Å². The minimum atomic E-state index is -1.01. The fourth-order valence-electron chi connectivity index (χ4n) is 3.04. The van der Waals surface area contributed by atoms with Gasteiger partial charge >= 0.3 is 6.09 Å². The molecule has 21 heavy (non-hydrogen) atoms. The molecule has 1 saturated heterocycles. The second-order valence-corrected chi connectivity index (χ2v) is 5.42. The lowest BCUT2D eigenvalue weighted by Crippen LogP contribution is -2.25. The number of nitrogens with one attached hydrogen (secondary N) is 1. The molecule has 1 aliphatic carbocycles. The predicted molar refractivity (Wildman–Crippen MR) is 80.4 cm³/mol. The molecule has 0 unspecified atom stereocenters. The normalized spacial score (nSPS) is 17.4. The Morgan fingerprint density at radius 3 is 2.90 bits per heavy atom. The van der Waals surface area contributed by atoms with E-state index in [2.05, 4.69) is 17.5 Å². The van der Waals surface area contributed by atoms with E-state index in [4.69, 9.17) is 5.11 Å². The number of rotatable bonds is 3. The number of amides is 2. The highest BCUT2D eigenvalue weighted by molar-refractivity contribution is 5.95. The highest BCUT2D eigenvalue weighted by Gasteiger charge is 2.23. The van der Waals surface area contributed by atoms with Crippen LogP contribution >= 0.6 is 0 Å². The van der Waals surface area contributed by atoms with Crippen molar-refractivity contribution in [3.8, 4) is 0 Å². The first-order valence-corrected chi connectivity index (χ1v) is 7.24. The zero-order valence-corrected chi connectivity index (χ0v) is 11.8. The third kappa shape index (κ3) is 2.77. The van der Waals surface area contributed by atoms with Gasteiger partial charge in [-0.15, -0.1) is 0 Å². The van der Waals surface area contributed by atoms with E-state index in [1.165, 1.54) is 5.56 Å². The van der Waals surface area contributed by atoms with Crippen molar-refractivity contribution < 1.29 is 14.7 Å². The first kappa shape index (κ1) is 13.7. The Balaban J connectivity index is 1.84. The number of benzene rings is 1. The molecule has 1 aliphatic heterocycles. The van der Waals surface area contributed by atoms with Gasteiger partial charge in [0.25, 0.3) is 0 Å². The number of hydrogen-bond acceptors (Lipinski definition) is 2. The van der Waals surface area contributed by atoms with Crippen LogP contribution < -0.4 is 10.2 Å². The highest BCUT2D eigenvalue weighted by Crippen LogP contribution is 2.31. The van der Waals surface area contributed by atoms with E-state index in [0.29, 0.717) is 13.0 Å². The maximum atomic E-state index is 11.8. The van der Waals surface area contributed by atoms with Crippen LogP contribution in [0.15, 0.2) is 24.3 Å². The third-order valence-electron chi connectivity index (χ3n) is 4.05. The van der Waals surface area contributed by atoms with Crippen LogP contribution in [-0.4, -0.2) is 30.2 Å². The molecule has 0 radical (unpaired) electrons. The highest BCUT2D eigenvalue weighted by atomic mass is 16.4. The molecule has 1 heterocycles. The van der Waals surface area contributed by atoms with Crippen molar-refractivity contribution in [3.05, 3.63) is 35.4 Å². The molecule has 0 atom stereocenters. The van der Waals surface area contributed by atoms with Crippen LogP contribution in [0.3, 0.4) is 0 Å². The summed E-state index contributed by atoms with van der Waals surface area (Å²) in [4.78, 5) is 24.3. The van der Waals surface area contributed by atoms with E-state index < -0.39 is 6.09 Å². The van der Waals surface area contributed by atoms with E-state index in [1.807, 2.05) is 17.0 Å². The summed E-state index contributed by atoms with van der Waals surface area (Å²) in [5.41, 5.74) is 4.25. The maximum Gasteiger partial charge on any atom is 0.404 e. The van der Waals surface area contributed by atoms with Crippen LogP contribution in [0.5, 0.6) is 0 Å². The monoisotopic (exact) mass is 286 g/mol. The number of nitrogens with zero attached hydrogens (tertiary/aromatic N) is 1. The van der Waals surface area contributed by atoms with Crippen LogP contribution in [0.4, 0.5) is 10.5 Å². The van der Waals surface area contributed by atoms with Gasteiger partial charge in [0.2, 0.25) is 5.91 Å². The van der Waals surface area contributed by atoms with Gasteiger partial charge in [0.15, 0.2) is 0 Å². The molecule has 2 N–H and O–H groups in total. The average molecular weight is 286 g/mol. The first-order chi connectivity index (χ1) is 10.1. The number of carbonyl (C=O) groups excluding carboxylic acids is 1. The lowest BCUT2D eigenvalue weighted by molar-refractivity contribution is -0.117. The summed E-state index contributed by atoms with van der Waals surface area (Å²) in [7, 11) is 0. The molecule has 5 heteroatoms. The van der Waals surface area contributed by atoms with E-state index in [0.717, 1.165) is 42.6 Å². The molecule has 1 fully saturated rings. The maximum absolute atomic E-state index is 11.8. The van der Waals surface area contributed by atoms with Crippen molar-refractivity contribution in [2.75, 3.05) is 18.0 Å². The summed E-state index contributed by atoms with van der Waals surface area (Å²) >= 11 is 0. The Kier molecular flexibility index (Phi) is 3.64. The number of anilines is 1. The van der Waals surface area contributed by atoms with Crippen LogP contribution in [-0.2, 0) is 11.2 Å². The van der Waals surface area contributed by atoms with Crippen molar-refractivity contribution in [2.45, 2.75) is 25.7 Å². The summed E-state index contributed by atoms with van der Waals surface area (Å²) in [5.74, 6) is 0.189. The number of carboxylic acid groups (broad SMARTS) is 1. The fraction of sp³-hybridized carbons (Fsp3) is 0.375. The second-order valence-electron chi connectivity index (χ2n) is 5.42. The predicted octanol–water partition coefficient (Wildman–Crippen LogP) is 2.41. The van der Waals surface area contributed by atoms with E-state index in [9.17, 15) is 9.59 Å². The number of aryl methyl sites for hydroxylation is 1. The van der Waals surface area contributed by atoms with Crippen LogP contribution in [0.1, 0.15) is 30.4 Å². The van der Waals surface area contributed by atoms with Crippen molar-refractivity contribution in [2.24, 2.45) is 0 Å². The summed E-state index contributed by atoms with van der Waals surface area (Å²) in [6, 6.07) is 6.04. The smallest absolute Gasteiger partial charge is 0.404 e. The molecule has 0 saturated carbocycles. The van der Waals surface area contributed by atoms with Gasteiger partial charge in [0.1, 0.15) is 0 Å². The number of carbonyl (C=O) groups is 2. The Morgan fingerprint density at radius 2 is 2.19 bits per heavy atom. The zero-order valence-electron chi connectivity index (χ0n) is 11.8. The van der Waals surface area contributed by atoms with E-state index in [-0.39, 0.29) is 5.91 Å². The SMILES string of the molecule is O=C(O)NCC1=CCCc2cc(N3CCCC3=O)ccc21. The molecule has 110 valence electrons. The number of hydrogen-bond donors (Lipinski definition) is 2.